The number of carbonyl (C=O) groups excluding carboxylic acids is 1. The van der Waals surface area contributed by atoms with Gasteiger partial charge in [-0.1, -0.05) is 17.8 Å². The summed E-state index contributed by atoms with van der Waals surface area (Å²) in [7, 11) is 0. The molecule has 130 valence electrons. The lowest BCUT2D eigenvalue weighted by Gasteiger charge is -2.35. The Kier molecular flexibility index (Phi) is 5.20. The number of likely N-dealkylation sites (tertiary alicyclic amines) is 1. The first kappa shape index (κ1) is 17.0. The maximum Gasteiger partial charge on any atom is 0.240 e. The van der Waals surface area contributed by atoms with Crippen LogP contribution in [0.15, 0.2) is 0 Å². The topological polar surface area (TPSA) is 88.8 Å². The molecule has 1 atom stereocenters. The Morgan fingerprint density at radius 3 is 2.79 bits per heavy atom. The molecular formula is C15H23N7OS. The monoisotopic (exact) mass is 349 g/mol. The lowest BCUT2D eigenvalue weighted by atomic mass is 10.0. The average molecular weight is 349 g/mol. The zero-order valence-corrected chi connectivity index (χ0v) is 15.1. The molecule has 2 aromatic heterocycles. The number of carbonyl (C=O) groups is 1. The number of anilines is 1. The molecule has 0 spiro atoms. The molecule has 0 radical (unpaired) electrons. The highest BCUT2D eigenvalue weighted by molar-refractivity contribution is 7.15. The summed E-state index contributed by atoms with van der Waals surface area (Å²) < 4.78 is 1.95. The van der Waals surface area contributed by atoms with Gasteiger partial charge in [0.2, 0.25) is 11.0 Å². The van der Waals surface area contributed by atoms with E-state index < -0.39 is 0 Å². The molecule has 1 N–H and O–H groups in total. The second-order valence-electron chi connectivity index (χ2n) is 6.18. The van der Waals surface area contributed by atoms with Crippen LogP contribution in [0.25, 0.3) is 0 Å². The molecule has 1 unspecified atom stereocenters. The third kappa shape index (κ3) is 4.15. The molecule has 1 amide bonds. The molecule has 0 bridgehead atoms. The van der Waals surface area contributed by atoms with Gasteiger partial charge in [-0.05, 0) is 40.2 Å². The third-order valence-electron chi connectivity index (χ3n) is 4.21. The summed E-state index contributed by atoms with van der Waals surface area (Å²) in [5.41, 5.74) is 0. The summed E-state index contributed by atoms with van der Waals surface area (Å²) in [6.45, 7) is 7.82. The van der Waals surface area contributed by atoms with E-state index in [0.29, 0.717) is 17.7 Å². The molecular weight excluding hydrogens is 326 g/mol. The van der Waals surface area contributed by atoms with Crippen molar-refractivity contribution in [3.63, 3.8) is 0 Å². The van der Waals surface area contributed by atoms with Gasteiger partial charge in [0.05, 0.1) is 13.1 Å². The Hall–Kier alpha value is -1.87. The summed E-state index contributed by atoms with van der Waals surface area (Å²) in [5.74, 6) is 1.68. The SMILES string of the molecule is Cc1nc(C)n(CC2CCCCN2CC(=O)Nc2nnc(C)s2)n1. The Morgan fingerprint density at radius 1 is 1.29 bits per heavy atom. The van der Waals surface area contributed by atoms with Crippen molar-refractivity contribution in [3.8, 4) is 0 Å². The van der Waals surface area contributed by atoms with Crippen molar-refractivity contribution in [3.05, 3.63) is 16.7 Å². The van der Waals surface area contributed by atoms with E-state index in [1.165, 1.54) is 17.8 Å². The molecule has 1 fully saturated rings. The first-order valence-corrected chi connectivity index (χ1v) is 9.05. The Morgan fingerprint density at radius 2 is 2.12 bits per heavy atom. The van der Waals surface area contributed by atoms with Gasteiger partial charge in [0.25, 0.3) is 0 Å². The molecule has 3 rings (SSSR count). The number of rotatable bonds is 5. The summed E-state index contributed by atoms with van der Waals surface area (Å²) in [5, 5.41) is 16.6. The number of aromatic nitrogens is 5. The van der Waals surface area contributed by atoms with Gasteiger partial charge in [0, 0.05) is 6.04 Å². The minimum atomic E-state index is -0.0375. The number of hydrogen-bond donors (Lipinski definition) is 1. The predicted octanol–water partition coefficient (Wildman–Crippen LogP) is 1.55. The lowest BCUT2D eigenvalue weighted by Crippen LogP contribution is -2.46. The quantitative estimate of drug-likeness (QED) is 0.881. The minimum absolute atomic E-state index is 0.0375. The highest BCUT2D eigenvalue weighted by Crippen LogP contribution is 2.19. The number of hydrogen-bond acceptors (Lipinski definition) is 7. The van der Waals surface area contributed by atoms with Gasteiger partial charge in [0.15, 0.2) is 0 Å². The van der Waals surface area contributed by atoms with Crippen molar-refractivity contribution in [2.75, 3.05) is 18.4 Å². The molecule has 3 heterocycles. The van der Waals surface area contributed by atoms with Crippen LogP contribution < -0.4 is 5.32 Å². The largest absolute Gasteiger partial charge is 0.299 e. The van der Waals surface area contributed by atoms with E-state index in [4.69, 9.17) is 0 Å². The number of amides is 1. The third-order valence-corrected chi connectivity index (χ3v) is 4.97. The number of nitrogens with zero attached hydrogens (tertiary/aromatic N) is 6. The van der Waals surface area contributed by atoms with Crippen molar-refractivity contribution < 1.29 is 4.79 Å². The number of aryl methyl sites for hydroxylation is 3. The van der Waals surface area contributed by atoms with Crippen molar-refractivity contribution in [1.82, 2.24) is 29.9 Å². The van der Waals surface area contributed by atoms with Crippen LogP contribution in [-0.4, -0.2) is 54.9 Å². The van der Waals surface area contributed by atoms with Gasteiger partial charge < -0.3 is 0 Å². The molecule has 1 aliphatic heterocycles. The molecule has 2 aromatic rings. The van der Waals surface area contributed by atoms with Gasteiger partial charge in [-0.2, -0.15) is 5.10 Å². The van der Waals surface area contributed by atoms with Crippen LogP contribution in [0.1, 0.15) is 35.9 Å². The summed E-state index contributed by atoms with van der Waals surface area (Å²) in [6.07, 6.45) is 3.38. The molecule has 0 aromatic carbocycles. The molecule has 0 aliphatic carbocycles. The summed E-state index contributed by atoms with van der Waals surface area (Å²) in [6, 6.07) is 0.306. The van der Waals surface area contributed by atoms with Crippen LogP contribution in [0.5, 0.6) is 0 Å². The van der Waals surface area contributed by atoms with Crippen LogP contribution in [0, 0.1) is 20.8 Å². The average Bonchev–Trinajstić information content (AvgIpc) is 3.06. The summed E-state index contributed by atoms with van der Waals surface area (Å²) >= 11 is 1.39. The van der Waals surface area contributed by atoms with E-state index in [0.717, 1.165) is 42.6 Å². The predicted molar refractivity (Wildman–Crippen MR) is 92.0 cm³/mol. The maximum absolute atomic E-state index is 12.3. The smallest absolute Gasteiger partial charge is 0.240 e. The molecule has 1 aliphatic rings. The van der Waals surface area contributed by atoms with Crippen LogP contribution >= 0.6 is 11.3 Å². The van der Waals surface area contributed by atoms with E-state index in [-0.39, 0.29) is 5.91 Å². The van der Waals surface area contributed by atoms with Crippen molar-refractivity contribution in [1.29, 1.82) is 0 Å². The normalized spacial score (nSPS) is 18.7. The highest BCUT2D eigenvalue weighted by atomic mass is 32.1. The Labute approximate surface area is 145 Å². The van der Waals surface area contributed by atoms with E-state index in [2.05, 4.69) is 30.5 Å². The highest BCUT2D eigenvalue weighted by Gasteiger charge is 2.25. The fourth-order valence-electron chi connectivity index (χ4n) is 3.10. The second kappa shape index (κ2) is 7.35. The van der Waals surface area contributed by atoms with E-state index in [1.54, 1.807) is 0 Å². The van der Waals surface area contributed by atoms with E-state index >= 15 is 0 Å². The van der Waals surface area contributed by atoms with Gasteiger partial charge in [-0.3, -0.25) is 15.0 Å². The lowest BCUT2D eigenvalue weighted by molar-refractivity contribution is -0.118. The van der Waals surface area contributed by atoms with E-state index in [1.807, 2.05) is 25.5 Å². The van der Waals surface area contributed by atoms with Gasteiger partial charge in [-0.25, -0.2) is 9.67 Å². The Balaban J connectivity index is 1.61. The van der Waals surface area contributed by atoms with Crippen molar-refractivity contribution >= 4 is 22.4 Å². The van der Waals surface area contributed by atoms with Crippen LogP contribution in [0.2, 0.25) is 0 Å². The zero-order chi connectivity index (χ0) is 17.1. The second-order valence-corrected chi connectivity index (χ2v) is 7.36. The number of nitrogens with one attached hydrogen (secondary N) is 1. The van der Waals surface area contributed by atoms with Crippen molar-refractivity contribution in [2.45, 2.75) is 52.6 Å². The molecule has 9 heteroatoms. The Bertz CT molecular complexity index is 710. The van der Waals surface area contributed by atoms with Gasteiger partial charge >= 0.3 is 0 Å². The van der Waals surface area contributed by atoms with Gasteiger partial charge in [-0.15, -0.1) is 10.2 Å². The maximum atomic E-state index is 12.3. The first-order valence-electron chi connectivity index (χ1n) is 8.23. The van der Waals surface area contributed by atoms with Crippen LogP contribution in [0.4, 0.5) is 5.13 Å². The van der Waals surface area contributed by atoms with Crippen LogP contribution in [0.3, 0.4) is 0 Å². The number of piperidine rings is 1. The fourth-order valence-corrected chi connectivity index (χ4v) is 3.71. The molecule has 1 saturated heterocycles. The summed E-state index contributed by atoms with van der Waals surface area (Å²) in [4.78, 5) is 18.9. The first-order chi connectivity index (χ1) is 11.5. The zero-order valence-electron chi connectivity index (χ0n) is 14.3. The van der Waals surface area contributed by atoms with Gasteiger partial charge in [0.1, 0.15) is 16.7 Å². The standard InChI is InChI=1S/C15H23N7OS/c1-10-16-11(2)22(20-10)8-13-6-4-5-7-21(13)9-14(23)17-15-19-18-12(3)24-15/h13H,4-9H2,1-3H3,(H,17,19,23). The van der Waals surface area contributed by atoms with Crippen LogP contribution in [-0.2, 0) is 11.3 Å². The fraction of sp³-hybridized carbons (Fsp3) is 0.667. The molecule has 24 heavy (non-hydrogen) atoms. The molecule has 0 saturated carbocycles. The minimum Gasteiger partial charge on any atom is -0.299 e. The van der Waals surface area contributed by atoms with Crippen molar-refractivity contribution in [2.24, 2.45) is 0 Å². The van der Waals surface area contributed by atoms with E-state index in [9.17, 15) is 4.79 Å². The molecule has 8 nitrogen and oxygen atoms in total.